The molecule has 22 heavy (non-hydrogen) atoms. The molecule has 3 rings (SSSR count). The minimum Gasteiger partial charge on any atom is -0.362 e. The van der Waals surface area contributed by atoms with Crippen molar-refractivity contribution < 1.29 is 9.53 Å². The van der Waals surface area contributed by atoms with Gasteiger partial charge in [-0.1, -0.05) is 6.07 Å². The Hall–Kier alpha value is -0.910. The Kier molecular flexibility index (Phi) is 4.85. The fraction of sp³-hybridized carbons (Fsp3) is 0.706. The lowest BCUT2D eigenvalue weighted by atomic mass is 9.94. The van der Waals surface area contributed by atoms with E-state index in [-0.39, 0.29) is 11.9 Å². The summed E-state index contributed by atoms with van der Waals surface area (Å²) in [7, 11) is 0. The van der Waals surface area contributed by atoms with Gasteiger partial charge in [0.2, 0.25) is 0 Å². The fourth-order valence-corrected chi connectivity index (χ4v) is 4.30. The lowest BCUT2D eigenvalue weighted by Gasteiger charge is -2.43. The molecule has 1 amide bonds. The van der Waals surface area contributed by atoms with Crippen LogP contribution in [0.15, 0.2) is 17.5 Å². The highest BCUT2D eigenvalue weighted by Crippen LogP contribution is 2.31. The topological polar surface area (TPSA) is 32.8 Å². The number of hydrogen-bond donors (Lipinski definition) is 0. The number of morpholine rings is 1. The van der Waals surface area contributed by atoms with Crippen molar-refractivity contribution in [3.8, 4) is 0 Å². The van der Waals surface area contributed by atoms with Gasteiger partial charge in [-0.15, -0.1) is 11.3 Å². The molecular weight excluding hydrogens is 296 g/mol. The van der Waals surface area contributed by atoms with Crippen molar-refractivity contribution in [2.75, 3.05) is 26.2 Å². The summed E-state index contributed by atoms with van der Waals surface area (Å²) >= 11 is 1.78. The molecule has 0 bridgehead atoms. The number of rotatable bonds is 3. The molecule has 2 aliphatic heterocycles. The molecule has 4 nitrogen and oxygen atoms in total. The van der Waals surface area contributed by atoms with Crippen LogP contribution in [0.25, 0.3) is 0 Å². The van der Waals surface area contributed by atoms with Crippen LogP contribution < -0.4 is 0 Å². The minimum absolute atomic E-state index is 0.205. The van der Waals surface area contributed by atoms with Crippen LogP contribution in [0.1, 0.15) is 38.0 Å². The van der Waals surface area contributed by atoms with Gasteiger partial charge in [0.05, 0.1) is 6.61 Å². The number of hydrogen-bond acceptors (Lipinski definition) is 4. The average Bonchev–Trinajstić information content (AvgIpc) is 2.94. The second-order valence-corrected chi connectivity index (χ2v) is 7.71. The molecule has 2 saturated heterocycles. The highest BCUT2D eigenvalue weighted by Gasteiger charge is 2.47. The smallest absolute Gasteiger partial charge is 0.256 e. The van der Waals surface area contributed by atoms with Gasteiger partial charge in [-0.05, 0) is 44.6 Å². The van der Waals surface area contributed by atoms with Crippen LogP contribution in [0.2, 0.25) is 0 Å². The average molecular weight is 322 g/mol. The van der Waals surface area contributed by atoms with E-state index in [1.54, 1.807) is 11.3 Å². The van der Waals surface area contributed by atoms with Gasteiger partial charge in [0.15, 0.2) is 5.60 Å². The number of likely N-dealkylation sites (tertiary alicyclic amines) is 1. The molecule has 0 radical (unpaired) electrons. The summed E-state index contributed by atoms with van der Waals surface area (Å²) in [6.45, 7) is 8.29. The van der Waals surface area contributed by atoms with Gasteiger partial charge in [-0.3, -0.25) is 9.69 Å². The first kappa shape index (κ1) is 16.0. The zero-order valence-corrected chi connectivity index (χ0v) is 14.4. The van der Waals surface area contributed by atoms with Crippen molar-refractivity contribution in [1.82, 2.24) is 9.80 Å². The molecule has 0 aliphatic carbocycles. The standard InChI is InChI=1S/C17H26N2O2S/c1-14(2)19-8-4-3-7-17(16(19)20)13-18(9-10-21-17)12-15-6-5-11-22-15/h5-6,11,14H,3-4,7-10,12-13H2,1-2H3. The molecule has 1 spiro atoms. The zero-order chi connectivity index (χ0) is 15.6. The van der Waals surface area contributed by atoms with Gasteiger partial charge >= 0.3 is 0 Å². The van der Waals surface area contributed by atoms with Crippen LogP contribution in [0.4, 0.5) is 0 Å². The van der Waals surface area contributed by atoms with Gasteiger partial charge in [-0.25, -0.2) is 0 Å². The molecular formula is C17H26N2O2S. The molecule has 3 heterocycles. The largest absolute Gasteiger partial charge is 0.362 e. The number of ether oxygens (including phenoxy) is 1. The first-order valence-corrected chi connectivity index (χ1v) is 9.18. The van der Waals surface area contributed by atoms with Gasteiger partial charge in [-0.2, -0.15) is 0 Å². The van der Waals surface area contributed by atoms with Crippen molar-refractivity contribution in [1.29, 1.82) is 0 Å². The number of carbonyl (C=O) groups is 1. The zero-order valence-electron chi connectivity index (χ0n) is 13.6. The van der Waals surface area contributed by atoms with Crippen LogP contribution in [-0.4, -0.2) is 53.6 Å². The third-order valence-corrected chi connectivity index (χ3v) is 5.59. The first-order valence-electron chi connectivity index (χ1n) is 8.30. The number of amides is 1. The Balaban J connectivity index is 1.76. The maximum Gasteiger partial charge on any atom is 0.256 e. The van der Waals surface area contributed by atoms with E-state index in [1.165, 1.54) is 4.88 Å². The van der Waals surface area contributed by atoms with Crippen molar-refractivity contribution in [2.24, 2.45) is 0 Å². The van der Waals surface area contributed by atoms with E-state index in [9.17, 15) is 4.79 Å². The highest BCUT2D eigenvalue weighted by molar-refractivity contribution is 7.09. The van der Waals surface area contributed by atoms with Gasteiger partial charge in [0, 0.05) is 37.1 Å². The van der Waals surface area contributed by atoms with Crippen molar-refractivity contribution in [3.63, 3.8) is 0 Å². The minimum atomic E-state index is -0.615. The van der Waals surface area contributed by atoms with Crippen LogP contribution in [0.3, 0.4) is 0 Å². The third-order valence-electron chi connectivity index (χ3n) is 4.73. The summed E-state index contributed by atoms with van der Waals surface area (Å²) < 4.78 is 6.10. The van der Waals surface area contributed by atoms with Crippen molar-refractivity contribution in [2.45, 2.75) is 51.3 Å². The molecule has 2 fully saturated rings. The molecule has 122 valence electrons. The molecule has 1 unspecified atom stereocenters. The Morgan fingerprint density at radius 3 is 2.95 bits per heavy atom. The van der Waals surface area contributed by atoms with Crippen LogP contribution in [0, 0.1) is 0 Å². The van der Waals surface area contributed by atoms with E-state index >= 15 is 0 Å². The predicted octanol–water partition coefficient (Wildman–Crippen LogP) is 2.74. The Morgan fingerprint density at radius 1 is 1.36 bits per heavy atom. The van der Waals surface area contributed by atoms with E-state index in [2.05, 4.69) is 36.3 Å². The number of nitrogens with zero attached hydrogens (tertiary/aromatic N) is 2. The van der Waals surface area contributed by atoms with Crippen molar-refractivity contribution >= 4 is 17.2 Å². The molecule has 0 saturated carbocycles. The molecule has 2 aliphatic rings. The number of carbonyl (C=O) groups excluding carboxylic acids is 1. The van der Waals surface area contributed by atoms with Crippen LogP contribution in [0.5, 0.6) is 0 Å². The van der Waals surface area contributed by atoms with Crippen LogP contribution >= 0.6 is 11.3 Å². The normalized spacial score (nSPS) is 27.6. The molecule has 0 aromatic carbocycles. The van der Waals surface area contributed by atoms with E-state index < -0.39 is 5.60 Å². The third kappa shape index (κ3) is 3.21. The van der Waals surface area contributed by atoms with Crippen molar-refractivity contribution in [3.05, 3.63) is 22.4 Å². The maximum atomic E-state index is 13.1. The summed E-state index contributed by atoms with van der Waals surface area (Å²) in [5.41, 5.74) is -0.615. The summed E-state index contributed by atoms with van der Waals surface area (Å²) in [5.74, 6) is 0.205. The number of thiophene rings is 1. The lowest BCUT2D eigenvalue weighted by Crippen LogP contribution is -2.60. The SMILES string of the molecule is CC(C)N1CCCCC2(CN(Cc3cccs3)CCO2)C1=O. The summed E-state index contributed by atoms with van der Waals surface area (Å²) in [6.07, 6.45) is 3.01. The van der Waals surface area contributed by atoms with E-state index in [4.69, 9.17) is 4.74 Å². The second-order valence-electron chi connectivity index (χ2n) is 6.68. The fourth-order valence-electron chi connectivity index (χ4n) is 3.55. The van der Waals surface area contributed by atoms with Gasteiger partial charge in [0.25, 0.3) is 5.91 Å². The molecule has 1 aromatic rings. The molecule has 1 aromatic heterocycles. The molecule has 5 heteroatoms. The summed E-state index contributed by atoms with van der Waals surface area (Å²) in [4.78, 5) is 18.9. The summed E-state index contributed by atoms with van der Waals surface area (Å²) in [5, 5.41) is 2.11. The molecule has 0 N–H and O–H groups in total. The Labute approximate surface area is 137 Å². The molecule has 1 atom stereocenters. The quantitative estimate of drug-likeness (QED) is 0.858. The summed E-state index contributed by atoms with van der Waals surface area (Å²) in [6, 6.07) is 4.51. The first-order chi connectivity index (χ1) is 10.6. The van der Waals surface area contributed by atoms with E-state index in [0.717, 1.165) is 45.4 Å². The predicted molar refractivity (Wildman–Crippen MR) is 89.0 cm³/mol. The van der Waals surface area contributed by atoms with Crippen LogP contribution in [-0.2, 0) is 16.1 Å². The Morgan fingerprint density at radius 2 is 2.23 bits per heavy atom. The van der Waals surface area contributed by atoms with E-state index in [0.29, 0.717) is 6.61 Å². The monoisotopic (exact) mass is 322 g/mol. The van der Waals surface area contributed by atoms with Gasteiger partial charge < -0.3 is 9.64 Å². The van der Waals surface area contributed by atoms with Gasteiger partial charge in [0.1, 0.15) is 0 Å². The highest BCUT2D eigenvalue weighted by atomic mass is 32.1. The van der Waals surface area contributed by atoms with E-state index in [1.807, 2.05) is 4.90 Å². The lowest BCUT2D eigenvalue weighted by molar-refractivity contribution is -0.172. The Bertz CT molecular complexity index is 503. The maximum absolute atomic E-state index is 13.1. The second kappa shape index (κ2) is 6.69.